The van der Waals surface area contributed by atoms with Crippen molar-refractivity contribution in [2.45, 2.75) is 19.9 Å². The maximum Gasteiger partial charge on any atom is 0.336 e. The average molecular weight is 379 g/mol. The van der Waals surface area contributed by atoms with Gasteiger partial charge in [-0.3, -0.25) is 9.80 Å². The Kier molecular flexibility index (Phi) is 5.18. The molecule has 0 amide bonds. The number of halogens is 1. The minimum Gasteiger partial charge on any atom is -0.476 e. The molecule has 1 saturated heterocycles. The average Bonchev–Trinajstić information content (AvgIpc) is 2.64. The highest BCUT2D eigenvalue weighted by Crippen LogP contribution is 2.39. The van der Waals surface area contributed by atoms with Crippen LogP contribution in [0.25, 0.3) is 11.0 Å². The maximum absolute atomic E-state index is 11.8. The van der Waals surface area contributed by atoms with Crippen molar-refractivity contribution in [2.75, 3.05) is 46.1 Å². The maximum atomic E-state index is 11.8. The molecule has 4 rings (SSSR count). The molecular formula is C19H23ClN2O4. The van der Waals surface area contributed by atoms with Gasteiger partial charge in [0.1, 0.15) is 18.1 Å². The molecule has 0 saturated carbocycles. The molecule has 26 heavy (non-hydrogen) atoms. The van der Waals surface area contributed by atoms with E-state index in [1.807, 2.05) is 13.0 Å². The molecule has 0 radical (unpaired) electrons. The zero-order chi connectivity index (χ0) is 18.1. The highest BCUT2D eigenvalue weighted by molar-refractivity contribution is 6.33. The Labute approximate surface area is 157 Å². The summed E-state index contributed by atoms with van der Waals surface area (Å²) in [5.41, 5.74) is 1.98. The second kappa shape index (κ2) is 7.56. The summed E-state index contributed by atoms with van der Waals surface area (Å²) in [4.78, 5) is 16.5. The van der Waals surface area contributed by atoms with E-state index in [9.17, 15) is 4.79 Å². The van der Waals surface area contributed by atoms with Crippen molar-refractivity contribution >= 4 is 22.6 Å². The van der Waals surface area contributed by atoms with Gasteiger partial charge in [-0.1, -0.05) is 11.6 Å². The van der Waals surface area contributed by atoms with E-state index in [4.69, 9.17) is 25.5 Å². The molecule has 2 aliphatic rings. The first kappa shape index (κ1) is 17.8. The van der Waals surface area contributed by atoms with Gasteiger partial charge in [0, 0.05) is 37.6 Å². The molecule has 0 bridgehead atoms. The molecule has 1 fully saturated rings. The van der Waals surface area contributed by atoms with Crippen LogP contribution in [0.5, 0.6) is 5.75 Å². The van der Waals surface area contributed by atoms with Crippen LogP contribution in [-0.2, 0) is 11.3 Å². The third kappa shape index (κ3) is 3.60. The summed E-state index contributed by atoms with van der Waals surface area (Å²) in [5, 5.41) is 1.43. The van der Waals surface area contributed by atoms with E-state index in [0.717, 1.165) is 62.3 Å². The second-order valence-electron chi connectivity index (χ2n) is 6.92. The summed E-state index contributed by atoms with van der Waals surface area (Å²) in [5.74, 6) is 0.636. The Balaban J connectivity index is 1.51. The van der Waals surface area contributed by atoms with Crippen molar-refractivity contribution in [3.8, 4) is 5.75 Å². The molecule has 140 valence electrons. The molecule has 1 aromatic heterocycles. The Bertz CT molecular complexity index is 861. The standard InChI is InChI=1S/C19H23ClN2O4/c1-13-9-17(23)26-18-14(13)10-16(20)19-15(18)11-22(12-25-19)4-2-3-21-5-7-24-8-6-21/h9-10H,2-8,11-12H2,1H3. The monoisotopic (exact) mass is 378 g/mol. The minimum absolute atomic E-state index is 0.344. The van der Waals surface area contributed by atoms with Gasteiger partial charge in [-0.25, -0.2) is 4.79 Å². The van der Waals surface area contributed by atoms with Gasteiger partial charge in [0.2, 0.25) is 0 Å². The summed E-state index contributed by atoms with van der Waals surface area (Å²) in [6, 6.07) is 3.32. The number of hydrogen-bond acceptors (Lipinski definition) is 6. The molecule has 0 atom stereocenters. The quantitative estimate of drug-likeness (QED) is 0.762. The summed E-state index contributed by atoms with van der Waals surface area (Å²) in [6.07, 6.45) is 1.06. The zero-order valence-electron chi connectivity index (χ0n) is 14.9. The van der Waals surface area contributed by atoms with Crippen LogP contribution < -0.4 is 10.4 Å². The van der Waals surface area contributed by atoms with Gasteiger partial charge in [-0.15, -0.1) is 0 Å². The molecule has 3 heterocycles. The fraction of sp³-hybridized carbons (Fsp3) is 0.526. The first-order chi connectivity index (χ1) is 12.6. The lowest BCUT2D eigenvalue weighted by Gasteiger charge is -2.31. The third-order valence-corrected chi connectivity index (χ3v) is 5.35. The van der Waals surface area contributed by atoms with E-state index in [2.05, 4.69) is 9.80 Å². The summed E-state index contributed by atoms with van der Waals surface area (Å²) in [7, 11) is 0. The van der Waals surface area contributed by atoms with Crippen LogP contribution in [0.4, 0.5) is 0 Å². The number of fused-ring (bicyclic) bond motifs is 3. The fourth-order valence-corrected chi connectivity index (χ4v) is 3.95. The largest absolute Gasteiger partial charge is 0.476 e. The minimum atomic E-state index is -0.344. The van der Waals surface area contributed by atoms with Gasteiger partial charge >= 0.3 is 5.63 Å². The van der Waals surface area contributed by atoms with Crippen LogP contribution in [0.1, 0.15) is 17.5 Å². The fourth-order valence-electron chi connectivity index (χ4n) is 3.67. The number of ether oxygens (including phenoxy) is 2. The lowest BCUT2D eigenvalue weighted by Crippen LogP contribution is -2.39. The van der Waals surface area contributed by atoms with Crippen LogP contribution >= 0.6 is 11.6 Å². The van der Waals surface area contributed by atoms with Gasteiger partial charge in [-0.2, -0.15) is 0 Å². The Morgan fingerprint density at radius 3 is 2.73 bits per heavy atom. The molecule has 6 nitrogen and oxygen atoms in total. The molecule has 7 heteroatoms. The molecular weight excluding hydrogens is 356 g/mol. The normalized spacial score (nSPS) is 18.7. The van der Waals surface area contributed by atoms with Gasteiger partial charge in [0.25, 0.3) is 0 Å². The number of nitrogens with zero attached hydrogens (tertiary/aromatic N) is 2. The number of rotatable bonds is 4. The second-order valence-corrected chi connectivity index (χ2v) is 7.33. The Morgan fingerprint density at radius 1 is 1.15 bits per heavy atom. The van der Waals surface area contributed by atoms with E-state index in [0.29, 0.717) is 29.6 Å². The number of aryl methyl sites for hydroxylation is 1. The van der Waals surface area contributed by atoms with Crippen molar-refractivity contribution in [1.82, 2.24) is 9.80 Å². The van der Waals surface area contributed by atoms with Crippen LogP contribution in [0, 0.1) is 6.92 Å². The number of hydrogen-bond donors (Lipinski definition) is 0. The topological polar surface area (TPSA) is 55.2 Å². The van der Waals surface area contributed by atoms with E-state index in [1.165, 1.54) is 6.07 Å². The van der Waals surface area contributed by atoms with Gasteiger partial charge in [0.05, 0.1) is 23.8 Å². The van der Waals surface area contributed by atoms with Crippen LogP contribution in [0.2, 0.25) is 5.02 Å². The van der Waals surface area contributed by atoms with Crippen LogP contribution in [0.15, 0.2) is 21.3 Å². The molecule has 0 aliphatic carbocycles. The van der Waals surface area contributed by atoms with Gasteiger partial charge in [-0.05, 0) is 31.5 Å². The van der Waals surface area contributed by atoms with Crippen LogP contribution in [-0.4, -0.2) is 55.9 Å². The predicted molar refractivity (Wildman–Crippen MR) is 100 cm³/mol. The highest BCUT2D eigenvalue weighted by Gasteiger charge is 2.24. The molecule has 0 N–H and O–H groups in total. The molecule has 0 spiro atoms. The number of benzene rings is 1. The van der Waals surface area contributed by atoms with E-state index >= 15 is 0 Å². The van der Waals surface area contributed by atoms with Crippen molar-refractivity contribution in [3.05, 3.63) is 38.7 Å². The molecule has 2 aromatic rings. The Hall–Kier alpha value is -1.60. The molecule has 2 aliphatic heterocycles. The first-order valence-electron chi connectivity index (χ1n) is 9.03. The highest BCUT2D eigenvalue weighted by atomic mass is 35.5. The van der Waals surface area contributed by atoms with Gasteiger partial charge < -0.3 is 13.9 Å². The SMILES string of the molecule is Cc1cc(=O)oc2c3c(c(Cl)cc12)OCN(CCCN1CCOCC1)C3. The van der Waals surface area contributed by atoms with Crippen molar-refractivity contribution < 1.29 is 13.9 Å². The predicted octanol–water partition coefficient (Wildman–Crippen LogP) is 2.63. The van der Waals surface area contributed by atoms with Crippen molar-refractivity contribution in [2.24, 2.45) is 0 Å². The lowest BCUT2D eigenvalue weighted by atomic mass is 10.0. The van der Waals surface area contributed by atoms with Crippen LogP contribution in [0.3, 0.4) is 0 Å². The summed E-state index contributed by atoms with van der Waals surface area (Å²) in [6.45, 7) is 8.68. The van der Waals surface area contributed by atoms with Crippen molar-refractivity contribution in [3.63, 3.8) is 0 Å². The zero-order valence-corrected chi connectivity index (χ0v) is 15.7. The van der Waals surface area contributed by atoms with Gasteiger partial charge in [0.15, 0.2) is 0 Å². The molecule has 1 aromatic carbocycles. The first-order valence-corrected chi connectivity index (χ1v) is 9.41. The Morgan fingerprint density at radius 2 is 1.92 bits per heavy atom. The van der Waals surface area contributed by atoms with Crippen molar-refractivity contribution in [1.29, 1.82) is 0 Å². The molecule has 0 unspecified atom stereocenters. The van der Waals surface area contributed by atoms with E-state index in [1.54, 1.807) is 0 Å². The van der Waals surface area contributed by atoms with E-state index in [-0.39, 0.29) is 5.63 Å². The smallest absolute Gasteiger partial charge is 0.336 e. The van der Waals surface area contributed by atoms with E-state index < -0.39 is 0 Å². The lowest BCUT2D eigenvalue weighted by molar-refractivity contribution is 0.0330. The summed E-state index contributed by atoms with van der Waals surface area (Å²) >= 11 is 6.40. The number of morpholine rings is 1. The summed E-state index contributed by atoms with van der Waals surface area (Å²) < 4.78 is 16.8. The third-order valence-electron chi connectivity index (χ3n) is 5.07.